The predicted octanol–water partition coefficient (Wildman–Crippen LogP) is 2.25. The molecule has 3 rings (SSSR count). The molecule has 3 heteroatoms. The fourth-order valence-corrected chi connectivity index (χ4v) is 2.18. The summed E-state index contributed by atoms with van der Waals surface area (Å²) in [6.07, 6.45) is 5.70. The van der Waals surface area contributed by atoms with Gasteiger partial charge in [0.1, 0.15) is 5.75 Å². The van der Waals surface area contributed by atoms with Crippen LogP contribution in [0.3, 0.4) is 0 Å². The maximum absolute atomic E-state index is 11.3. The van der Waals surface area contributed by atoms with Gasteiger partial charge in [-0.15, -0.1) is 0 Å². The fourth-order valence-electron chi connectivity index (χ4n) is 2.18. The number of carboxylic acid groups (broad SMARTS) is 1. The van der Waals surface area contributed by atoms with Crippen molar-refractivity contribution in [3.8, 4) is 5.75 Å². The molecule has 1 atom stereocenters. The number of carbonyl (C=O) groups is 1. The lowest BCUT2D eigenvalue weighted by atomic mass is 9.83. The van der Waals surface area contributed by atoms with Gasteiger partial charge in [-0.1, -0.05) is 30.4 Å². The lowest BCUT2D eigenvalue weighted by Gasteiger charge is -2.36. The molecule has 1 heterocycles. The monoisotopic (exact) mass is 214 g/mol. The summed E-state index contributed by atoms with van der Waals surface area (Å²) in [6.45, 7) is 0. The lowest BCUT2D eigenvalue weighted by Crippen LogP contribution is -2.45. The first-order valence-corrected chi connectivity index (χ1v) is 5.11. The molecule has 16 heavy (non-hydrogen) atoms. The van der Waals surface area contributed by atoms with E-state index in [4.69, 9.17) is 4.74 Å². The molecule has 0 radical (unpaired) electrons. The quantitative estimate of drug-likeness (QED) is 0.779. The molecule has 1 N–H and O–H groups in total. The summed E-state index contributed by atoms with van der Waals surface area (Å²) in [7, 11) is 0. The summed E-state index contributed by atoms with van der Waals surface area (Å²) in [5.74, 6) is -0.296. The molecule has 0 saturated heterocycles. The SMILES string of the molecule is O=C(O)C12C=CC=C(C1)c1ccccc1O2. The summed E-state index contributed by atoms with van der Waals surface area (Å²) in [4.78, 5) is 11.3. The van der Waals surface area contributed by atoms with Crippen LogP contribution >= 0.6 is 0 Å². The van der Waals surface area contributed by atoms with E-state index in [0.717, 1.165) is 11.1 Å². The number of rotatable bonds is 1. The molecular weight excluding hydrogens is 204 g/mol. The largest absolute Gasteiger partial charge is 0.478 e. The summed E-state index contributed by atoms with van der Waals surface area (Å²) >= 11 is 0. The number of hydrogen-bond donors (Lipinski definition) is 1. The van der Waals surface area contributed by atoms with E-state index in [9.17, 15) is 9.90 Å². The Morgan fingerprint density at radius 3 is 3.00 bits per heavy atom. The van der Waals surface area contributed by atoms with Crippen molar-refractivity contribution in [3.63, 3.8) is 0 Å². The van der Waals surface area contributed by atoms with Gasteiger partial charge in [0, 0.05) is 12.0 Å². The molecule has 1 aromatic carbocycles. The summed E-state index contributed by atoms with van der Waals surface area (Å²) in [5.41, 5.74) is 0.800. The Labute approximate surface area is 92.7 Å². The summed E-state index contributed by atoms with van der Waals surface area (Å²) in [5, 5.41) is 9.26. The van der Waals surface area contributed by atoms with Gasteiger partial charge in [0.2, 0.25) is 5.60 Å². The van der Waals surface area contributed by atoms with E-state index in [-0.39, 0.29) is 0 Å². The standard InChI is InChI=1S/C13H10O3/c14-12(15)13-7-3-4-9(8-13)10-5-1-2-6-11(10)16-13/h1-7H,8H2,(H,14,15). The third-order valence-electron chi connectivity index (χ3n) is 3.00. The number of ether oxygens (including phenoxy) is 1. The molecule has 2 aliphatic rings. The topological polar surface area (TPSA) is 46.5 Å². The Balaban J connectivity index is 2.20. The number of allylic oxidation sites excluding steroid dienone is 2. The second kappa shape index (κ2) is 2.98. The molecule has 0 fully saturated rings. The van der Waals surface area contributed by atoms with Gasteiger partial charge in [-0.05, 0) is 17.7 Å². The highest BCUT2D eigenvalue weighted by molar-refractivity contribution is 5.89. The van der Waals surface area contributed by atoms with E-state index in [1.165, 1.54) is 0 Å². The predicted molar refractivity (Wildman–Crippen MR) is 59.2 cm³/mol. The normalized spacial score (nSPS) is 25.4. The Kier molecular flexibility index (Phi) is 1.72. The minimum atomic E-state index is -1.21. The van der Waals surface area contributed by atoms with Crippen LogP contribution in [0.2, 0.25) is 0 Å². The van der Waals surface area contributed by atoms with Gasteiger partial charge < -0.3 is 9.84 Å². The molecular formula is C13H10O3. The van der Waals surface area contributed by atoms with E-state index < -0.39 is 11.6 Å². The number of carboxylic acids is 1. The van der Waals surface area contributed by atoms with Crippen LogP contribution in [0.5, 0.6) is 5.75 Å². The molecule has 1 unspecified atom stereocenters. The minimum absolute atomic E-state index is 0.399. The summed E-state index contributed by atoms with van der Waals surface area (Å²) < 4.78 is 5.62. The highest BCUT2D eigenvalue weighted by Crippen LogP contribution is 2.43. The van der Waals surface area contributed by atoms with Crippen LogP contribution in [-0.2, 0) is 4.79 Å². The minimum Gasteiger partial charge on any atom is -0.478 e. The van der Waals surface area contributed by atoms with Crippen LogP contribution in [0.15, 0.2) is 42.5 Å². The first-order chi connectivity index (χ1) is 7.71. The van der Waals surface area contributed by atoms with Crippen LogP contribution in [0, 0.1) is 0 Å². The highest BCUT2D eigenvalue weighted by atomic mass is 16.5. The van der Waals surface area contributed by atoms with Crippen LogP contribution in [0.25, 0.3) is 5.57 Å². The maximum Gasteiger partial charge on any atom is 0.352 e. The second-order valence-corrected chi connectivity index (χ2v) is 4.02. The van der Waals surface area contributed by atoms with Crippen LogP contribution in [0.1, 0.15) is 12.0 Å². The molecule has 2 bridgehead atoms. The van der Waals surface area contributed by atoms with Crippen LogP contribution in [0.4, 0.5) is 0 Å². The first-order valence-electron chi connectivity index (χ1n) is 5.11. The smallest absolute Gasteiger partial charge is 0.352 e. The molecule has 3 nitrogen and oxygen atoms in total. The van der Waals surface area contributed by atoms with E-state index in [2.05, 4.69) is 0 Å². The molecule has 1 aliphatic carbocycles. The van der Waals surface area contributed by atoms with Crippen molar-refractivity contribution >= 4 is 11.5 Å². The van der Waals surface area contributed by atoms with Gasteiger partial charge in [0.25, 0.3) is 0 Å². The highest BCUT2D eigenvalue weighted by Gasteiger charge is 2.44. The summed E-state index contributed by atoms with van der Waals surface area (Å²) in [6, 6.07) is 7.53. The van der Waals surface area contributed by atoms with Crippen molar-refractivity contribution in [2.24, 2.45) is 0 Å². The van der Waals surface area contributed by atoms with Crippen molar-refractivity contribution in [1.82, 2.24) is 0 Å². The zero-order valence-electron chi connectivity index (χ0n) is 8.51. The second-order valence-electron chi connectivity index (χ2n) is 4.02. The molecule has 0 saturated carbocycles. The van der Waals surface area contributed by atoms with Gasteiger partial charge in [-0.2, -0.15) is 0 Å². The first kappa shape index (κ1) is 9.21. The van der Waals surface area contributed by atoms with Crippen molar-refractivity contribution < 1.29 is 14.6 Å². The number of aliphatic carboxylic acids is 1. The average Bonchev–Trinajstić information content (AvgIpc) is 2.29. The van der Waals surface area contributed by atoms with E-state index in [1.54, 1.807) is 18.2 Å². The Hall–Kier alpha value is -2.03. The van der Waals surface area contributed by atoms with Crippen molar-refractivity contribution in [3.05, 3.63) is 48.1 Å². The molecule has 1 aliphatic heterocycles. The number of fused-ring (bicyclic) bond motifs is 4. The van der Waals surface area contributed by atoms with E-state index in [0.29, 0.717) is 12.2 Å². The third kappa shape index (κ3) is 1.11. The zero-order chi connectivity index (χ0) is 11.2. The molecule has 1 aromatic rings. The Morgan fingerprint density at radius 1 is 1.38 bits per heavy atom. The molecule has 0 spiro atoms. The lowest BCUT2D eigenvalue weighted by molar-refractivity contribution is -0.151. The van der Waals surface area contributed by atoms with E-state index >= 15 is 0 Å². The maximum atomic E-state index is 11.3. The fraction of sp³-hybridized carbons (Fsp3) is 0.154. The van der Waals surface area contributed by atoms with Crippen LogP contribution in [-0.4, -0.2) is 16.7 Å². The molecule has 80 valence electrons. The Morgan fingerprint density at radius 2 is 2.19 bits per heavy atom. The van der Waals surface area contributed by atoms with Gasteiger partial charge in [0.15, 0.2) is 0 Å². The van der Waals surface area contributed by atoms with Gasteiger partial charge in [-0.25, -0.2) is 4.79 Å². The average molecular weight is 214 g/mol. The van der Waals surface area contributed by atoms with Gasteiger partial charge in [-0.3, -0.25) is 0 Å². The molecule has 0 aromatic heterocycles. The third-order valence-corrected chi connectivity index (χ3v) is 3.00. The van der Waals surface area contributed by atoms with Crippen molar-refractivity contribution in [2.75, 3.05) is 0 Å². The van der Waals surface area contributed by atoms with E-state index in [1.807, 2.05) is 24.3 Å². The number of hydrogen-bond acceptors (Lipinski definition) is 2. The van der Waals surface area contributed by atoms with Gasteiger partial charge >= 0.3 is 5.97 Å². The van der Waals surface area contributed by atoms with Gasteiger partial charge in [0.05, 0.1) is 0 Å². The Bertz CT molecular complexity index is 528. The number of para-hydroxylation sites is 1. The zero-order valence-corrected chi connectivity index (χ0v) is 8.51. The van der Waals surface area contributed by atoms with Crippen LogP contribution < -0.4 is 4.74 Å². The molecule has 0 amide bonds. The van der Waals surface area contributed by atoms with Crippen molar-refractivity contribution in [1.29, 1.82) is 0 Å². The van der Waals surface area contributed by atoms with Crippen molar-refractivity contribution in [2.45, 2.75) is 12.0 Å². The number of benzene rings is 1.